The van der Waals surface area contributed by atoms with Crippen LogP contribution in [0.1, 0.15) is 16.7 Å². The summed E-state index contributed by atoms with van der Waals surface area (Å²) in [4.78, 5) is 0.251. The minimum absolute atomic E-state index is 0.192. The van der Waals surface area contributed by atoms with Crippen molar-refractivity contribution in [3.63, 3.8) is 0 Å². The van der Waals surface area contributed by atoms with Crippen LogP contribution < -0.4 is 0 Å². The van der Waals surface area contributed by atoms with Crippen molar-refractivity contribution in [1.29, 1.82) is 5.26 Å². The van der Waals surface area contributed by atoms with Gasteiger partial charge in [0, 0.05) is 13.1 Å². The van der Waals surface area contributed by atoms with E-state index in [0.29, 0.717) is 5.56 Å². The molecule has 0 aromatic heterocycles. The van der Waals surface area contributed by atoms with Crippen LogP contribution in [0.5, 0.6) is 0 Å². The zero-order chi connectivity index (χ0) is 16.9. The van der Waals surface area contributed by atoms with Gasteiger partial charge in [0.2, 0.25) is 10.0 Å². The van der Waals surface area contributed by atoms with Crippen LogP contribution in [0.2, 0.25) is 0 Å². The van der Waals surface area contributed by atoms with Crippen LogP contribution in [0.25, 0.3) is 0 Å². The predicted octanol–water partition coefficient (Wildman–Crippen LogP) is 3.24. The summed E-state index contributed by atoms with van der Waals surface area (Å²) in [6.45, 7) is 5.94. The van der Waals surface area contributed by atoms with Crippen LogP contribution in [-0.2, 0) is 16.6 Å². The molecule has 0 spiro atoms. The Balaban J connectivity index is 2.35. The number of nitriles is 1. The van der Waals surface area contributed by atoms with E-state index >= 15 is 0 Å². The molecule has 0 radical (unpaired) electrons. The summed E-state index contributed by atoms with van der Waals surface area (Å²) >= 11 is 0. The average molecular weight is 326 g/mol. The topological polar surface area (TPSA) is 61.2 Å². The first-order valence-corrected chi connectivity index (χ1v) is 8.58. The van der Waals surface area contributed by atoms with E-state index in [-0.39, 0.29) is 18.0 Å². The fourth-order valence-corrected chi connectivity index (χ4v) is 3.59. The third kappa shape index (κ3) is 4.07. The number of hydrogen-bond donors (Lipinski definition) is 0. The smallest absolute Gasteiger partial charge is 0.207 e. The maximum Gasteiger partial charge on any atom is 0.243 e. The van der Waals surface area contributed by atoms with E-state index < -0.39 is 10.0 Å². The van der Waals surface area contributed by atoms with Gasteiger partial charge in [-0.15, -0.1) is 6.58 Å². The van der Waals surface area contributed by atoms with Crippen molar-refractivity contribution >= 4 is 10.0 Å². The Morgan fingerprint density at radius 2 is 1.91 bits per heavy atom. The molecular formula is C18H18N2O2S. The Hall–Kier alpha value is -2.42. The minimum atomic E-state index is -3.62. The molecule has 23 heavy (non-hydrogen) atoms. The molecule has 118 valence electrons. The van der Waals surface area contributed by atoms with E-state index in [1.165, 1.54) is 4.31 Å². The second-order valence-corrected chi connectivity index (χ2v) is 7.15. The molecule has 0 heterocycles. The van der Waals surface area contributed by atoms with Gasteiger partial charge >= 0.3 is 0 Å². The van der Waals surface area contributed by atoms with Crippen molar-refractivity contribution in [2.45, 2.75) is 18.4 Å². The molecule has 0 fully saturated rings. The molecule has 0 amide bonds. The van der Waals surface area contributed by atoms with Gasteiger partial charge in [0.15, 0.2) is 0 Å². The van der Waals surface area contributed by atoms with Gasteiger partial charge in [0.25, 0.3) is 0 Å². The lowest BCUT2D eigenvalue weighted by molar-refractivity contribution is 0.438. The highest BCUT2D eigenvalue weighted by atomic mass is 32.2. The Bertz CT molecular complexity index is 834. The fraction of sp³-hybridized carbons (Fsp3) is 0.167. The van der Waals surface area contributed by atoms with Crippen molar-refractivity contribution in [2.75, 3.05) is 6.54 Å². The van der Waals surface area contributed by atoms with Crippen LogP contribution in [0.4, 0.5) is 0 Å². The van der Waals surface area contributed by atoms with Gasteiger partial charge in [-0.2, -0.15) is 9.57 Å². The van der Waals surface area contributed by atoms with Gasteiger partial charge in [-0.25, -0.2) is 8.42 Å². The Morgan fingerprint density at radius 3 is 2.52 bits per heavy atom. The molecule has 0 aliphatic heterocycles. The van der Waals surface area contributed by atoms with Gasteiger partial charge in [-0.3, -0.25) is 0 Å². The summed E-state index contributed by atoms with van der Waals surface area (Å²) < 4.78 is 27.0. The van der Waals surface area contributed by atoms with Gasteiger partial charge in [0.05, 0.1) is 16.5 Å². The first kappa shape index (κ1) is 16.9. The van der Waals surface area contributed by atoms with E-state index in [2.05, 4.69) is 12.6 Å². The van der Waals surface area contributed by atoms with Crippen LogP contribution in [0.3, 0.4) is 0 Å². The predicted molar refractivity (Wildman–Crippen MR) is 90.1 cm³/mol. The Kier molecular flexibility index (Phi) is 5.32. The van der Waals surface area contributed by atoms with E-state index in [9.17, 15) is 8.42 Å². The first-order valence-electron chi connectivity index (χ1n) is 7.14. The molecule has 0 N–H and O–H groups in total. The summed E-state index contributed by atoms with van der Waals surface area (Å²) in [7, 11) is -3.62. The quantitative estimate of drug-likeness (QED) is 0.766. The standard InChI is InChI=1S/C18H18N2O2S/c1-3-11-20(14-17-6-4-5-16(12-17)13-19)23(21,22)18-9-7-15(2)8-10-18/h3-10,12H,1,11,14H2,2H3. The molecule has 2 rings (SSSR count). The van der Waals surface area contributed by atoms with E-state index in [1.54, 1.807) is 48.5 Å². The van der Waals surface area contributed by atoms with Gasteiger partial charge in [-0.1, -0.05) is 35.9 Å². The zero-order valence-corrected chi connectivity index (χ0v) is 13.8. The largest absolute Gasteiger partial charge is 0.243 e. The second-order valence-electron chi connectivity index (χ2n) is 5.21. The highest BCUT2D eigenvalue weighted by Crippen LogP contribution is 2.19. The highest BCUT2D eigenvalue weighted by molar-refractivity contribution is 7.89. The molecule has 0 aliphatic carbocycles. The SMILES string of the molecule is C=CCN(Cc1cccc(C#N)c1)S(=O)(=O)c1ccc(C)cc1. The molecule has 0 saturated carbocycles. The first-order chi connectivity index (χ1) is 11.0. The molecule has 0 aliphatic rings. The van der Waals surface area contributed by atoms with Crippen LogP contribution in [0.15, 0.2) is 66.1 Å². The monoisotopic (exact) mass is 326 g/mol. The molecule has 2 aromatic rings. The third-order valence-electron chi connectivity index (χ3n) is 3.41. The molecule has 0 bridgehead atoms. The molecule has 0 atom stereocenters. The second kappa shape index (κ2) is 7.23. The fourth-order valence-electron chi connectivity index (χ4n) is 2.19. The van der Waals surface area contributed by atoms with Crippen LogP contribution >= 0.6 is 0 Å². The lowest BCUT2D eigenvalue weighted by atomic mass is 10.1. The van der Waals surface area contributed by atoms with Crippen molar-refractivity contribution < 1.29 is 8.42 Å². The van der Waals surface area contributed by atoms with E-state index in [1.807, 2.05) is 13.0 Å². The van der Waals surface area contributed by atoms with E-state index in [0.717, 1.165) is 11.1 Å². The summed E-state index contributed by atoms with van der Waals surface area (Å²) in [6, 6.07) is 15.8. The van der Waals surface area contributed by atoms with Crippen LogP contribution in [0, 0.1) is 18.3 Å². The van der Waals surface area contributed by atoms with Crippen LogP contribution in [-0.4, -0.2) is 19.3 Å². The summed E-state index contributed by atoms with van der Waals surface area (Å²) in [5, 5.41) is 8.97. The van der Waals surface area contributed by atoms with Crippen molar-refractivity contribution in [1.82, 2.24) is 4.31 Å². The summed E-state index contributed by atoms with van der Waals surface area (Å²) in [5.74, 6) is 0. The Labute approximate surface area is 137 Å². The molecule has 0 unspecified atom stereocenters. The number of nitrogens with zero attached hydrogens (tertiary/aromatic N) is 2. The minimum Gasteiger partial charge on any atom is -0.207 e. The average Bonchev–Trinajstić information content (AvgIpc) is 2.55. The molecule has 2 aromatic carbocycles. The number of aryl methyl sites for hydroxylation is 1. The Morgan fingerprint density at radius 1 is 1.22 bits per heavy atom. The maximum absolute atomic E-state index is 12.8. The molecule has 5 heteroatoms. The maximum atomic E-state index is 12.8. The lowest BCUT2D eigenvalue weighted by Gasteiger charge is -2.21. The lowest BCUT2D eigenvalue weighted by Crippen LogP contribution is -2.30. The molecule has 4 nitrogen and oxygen atoms in total. The number of hydrogen-bond acceptors (Lipinski definition) is 3. The number of benzene rings is 2. The summed E-state index contributed by atoms with van der Waals surface area (Å²) in [5.41, 5.74) is 2.27. The normalized spacial score (nSPS) is 11.2. The third-order valence-corrected chi connectivity index (χ3v) is 5.23. The van der Waals surface area contributed by atoms with Gasteiger partial charge in [0.1, 0.15) is 0 Å². The zero-order valence-electron chi connectivity index (χ0n) is 12.9. The van der Waals surface area contributed by atoms with E-state index in [4.69, 9.17) is 5.26 Å². The van der Waals surface area contributed by atoms with Gasteiger partial charge < -0.3 is 0 Å². The van der Waals surface area contributed by atoms with Crippen molar-refractivity contribution in [3.8, 4) is 6.07 Å². The molecule has 0 saturated heterocycles. The highest BCUT2D eigenvalue weighted by Gasteiger charge is 2.23. The number of sulfonamides is 1. The van der Waals surface area contributed by atoms with Crippen molar-refractivity contribution in [2.24, 2.45) is 0 Å². The molecular weight excluding hydrogens is 308 g/mol. The number of rotatable bonds is 6. The van der Waals surface area contributed by atoms with Crippen molar-refractivity contribution in [3.05, 3.63) is 77.9 Å². The van der Waals surface area contributed by atoms with Gasteiger partial charge in [-0.05, 0) is 36.8 Å². The summed E-state index contributed by atoms with van der Waals surface area (Å²) in [6.07, 6.45) is 1.56.